The molecule has 7 heteroatoms. The molecular formula is C11H12N4OS2. The molecule has 3 N–H and O–H groups in total. The number of carbonyl (C=O) groups excluding carboxylic acids is 1. The number of aryl methyl sites for hydroxylation is 2. The Bertz CT molecular complexity index is 566. The van der Waals surface area contributed by atoms with Crippen LogP contribution < -0.4 is 11.1 Å². The molecule has 1 aliphatic carbocycles. The lowest BCUT2D eigenvalue weighted by Gasteiger charge is -2.06. The average molecular weight is 280 g/mol. The Balaban J connectivity index is 1.76. The van der Waals surface area contributed by atoms with Gasteiger partial charge >= 0.3 is 0 Å². The standard InChI is InChI=1S/C11H12N4OS2/c12-10-13-7(5-17-10)9(16)15-11-14-6-3-1-2-4-8(6)18-11/h5H,1-4H2,(H2,12,13)(H,14,15,16). The summed E-state index contributed by atoms with van der Waals surface area (Å²) in [5.74, 6) is -0.242. The van der Waals surface area contributed by atoms with Crippen molar-refractivity contribution in [2.24, 2.45) is 0 Å². The lowest BCUT2D eigenvalue weighted by Crippen LogP contribution is -2.12. The second-order valence-corrected chi connectivity index (χ2v) is 6.09. The zero-order valence-electron chi connectivity index (χ0n) is 9.60. The molecule has 0 atom stereocenters. The van der Waals surface area contributed by atoms with E-state index in [-0.39, 0.29) is 5.91 Å². The van der Waals surface area contributed by atoms with Gasteiger partial charge in [-0.2, -0.15) is 0 Å². The van der Waals surface area contributed by atoms with Crippen molar-refractivity contribution >= 4 is 38.8 Å². The molecule has 2 aromatic heterocycles. The van der Waals surface area contributed by atoms with Gasteiger partial charge in [-0.05, 0) is 25.7 Å². The highest BCUT2D eigenvalue weighted by atomic mass is 32.1. The number of nitrogens with two attached hydrogens (primary N) is 1. The van der Waals surface area contributed by atoms with Crippen LogP contribution in [-0.2, 0) is 12.8 Å². The van der Waals surface area contributed by atoms with Gasteiger partial charge in [0.1, 0.15) is 5.69 Å². The highest BCUT2D eigenvalue weighted by Gasteiger charge is 2.17. The third-order valence-electron chi connectivity index (χ3n) is 2.82. The fraction of sp³-hybridized carbons (Fsp3) is 0.364. The summed E-state index contributed by atoms with van der Waals surface area (Å²) >= 11 is 2.83. The van der Waals surface area contributed by atoms with Gasteiger partial charge < -0.3 is 5.73 Å². The van der Waals surface area contributed by atoms with Gasteiger partial charge in [0.15, 0.2) is 10.3 Å². The number of hydrogen-bond acceptors (Lipinski definition) is 6. The van der Waals surface area contributed by atoms with E-state index >= 15 is 0 Å². The van der Waals surface area contributed by atoms with E-state index in [1.165, 1.54) is 29.1 Å². The maximum Gasteiger partial charge on any atom is 0.276 e. The maximum absolute atomic E-state index is 11.9. The normalized spacial score (nSPS) is 14.2. The van der Waals surface area contributed by atoms with Crippen molar-refractivity contribution in [3.05, 3.63) is 21.6 Å². The fourth-order valence-electron chi connectivity index (χ4n) is 1.96. The molecule has 0 unspecified atom stereocenters. The number of nitrogens with zero attached hydrogens (tertiary/aromatic N) is 2. The van der Waals surface area contributed by atoms with E-state index < -0.39 is 0 Å². The SMILES string of the molecule is Nc1nc(C(=O)Nc2nc3c(s2)CCCC3)cs1. The Morgan fingerprint density at radius 2 is 2.17 bits per heavy atom. The van der Waals surface area contributed by atoms with Crippen molar-refractivity contribution in [3.63, 3.8) is 0 Å². The molecule has 1 aliphatic rings. The van der Waals surface area contributed by atoms with E-state index in [9.17, 15) is 4.79 Å². The van der Waals surface area contributed by atoms with Gasteiger partial charge in [0.2, 0.25) is 0 Å². The third kappa shape index (κ3) is 2.23. The number of amides is 1. The summed E-state index contributed by atoms with van der Waals surface area (Å²) in [5.41, 5.74) is 6.99. The monoisotopic (exact) mass is 280 g/mol. The second kappa shape index (κ2) is 4.66. The molecule has 0 fully saturated rings. The molecule has 0 aliphatic heterocycles. The van der Waals surface area contributed by atoms with Crippen molar-refractivity contribution in [1.29, 1.82) is 0 Å². The molecule has 3 rings (SSSR count). The topological polar surface area (TPSA) is 80.9 Å². The van der Waals surface area contributed by atoms with E-state index in [2.05, 4.69) is 15.3 Å². The summed E-state index contributed by atoms with van der Waals surface area (Å²) in [5, 5.41) is 5.50. The molecule has 0 spiro atoms. The first kappa shape index (κ1) is 11.6. The van der Waals surface area contributed by atoms with E-state index in [0.717, 1.165) is 18.5 Å². The first-order valence-electron chi connectivity index (χ1n) is 5.73. The Morgan fingerprint density at radius 1 is 1.33 bits per heavy atom. The van der Waals surface area contributed by atoms with E-state index in [1.807, 2.05) is 0 Å². The van der Waals surface area contributed by atoms with Crippen molar-refractivity contribution in [3.8, 4) is 0 Å². The molecule has 0 saturated heterocycles. The number of anilines is 2. The molecule has 0 radical (unpaired) electrons. The van der Waals surface area contributed by atoms with Crippen molar-refractivity contribution in [2.45, 2.75) is 25.7 Å². The van der Waals surface area contributed by atoms with Crippen LogP contribution in [-0.4, -0.2) is 15.9 Å². The molecule has 2 heterocycles. The molecule has 0 aromatic carbocycles. The third-order valence-corrected chi connectivity index (χ3v) is 4.57. The Labute approximate surface area is 112 Å². The van der Waals surface area contributed by atoms with Crippen molar-refractivity contribution in [1.82, 2.24) is 9.97 Å². The summed E-state index contributed by atoms with van der Waals surface area (Å²) in [6.45, 7) is 0. The van der Waals surface area contributed by atoms with E-state index in [4.69, 9.17) is 5.73 Å². The highest BCUT2D eigenvalue weighted by molar-refractivity contribution is 7.16. The molecular weight excluding hydrogens is 268 g/mol. The summed E-state index contributed by atoms with van der Waals surface area (Å²) in [7, 11) is 0. The summed E-state index contributed by atoms with van der Waals surface area (Å²) in [4.78, 5) is 21.6. The number of rotatable bonds is 2. The van der Waals surface area contributed by atoms with Crippen LogP contribution in [0.1, 0.15) is 33.9 Å². The molecule has 0 bridgehead atoms. The lowest BCUT2D eigenvalue weighted by atomic mass is 10.0. The Morgan fingerprint density at radius 3 is 2.89 bits per heavy atom. The minimum atomic E-state index is -0.242. The first-order valence-corrected chi connectivity index (χ1v) is 7.43. The van der Waals surface area contributed by atoms with Crippen LogP contribution in [0.3, 0.4) is 0 Å². The number of carbonyl (C=O) groups is 1. The summed E-state index contributed by atoms with van der Waals surface area (Å²) < 4.78 is 0. The number of nitrogen functional groups attached to an aromatic ring is 1. The Kier molecular flexibility index (Phi) is 3.00. The quantitative estimate of drug-likeness (QED) is 0.884. The largest absolute Gasteiger partial charge is 0.375 e. The molecule has 2 aromatic rings. The molecule has 0 saturated carbocycles. The van der Waals surface area contributed by atoms with Gasteiger partial charge in [-0.15, -0.1) is 22.7 Å². The predicted molar refractivity (Wildman–Crippen MR) is 73.2 cm³/mol. The maximum atomic E-state index is 11.9. The van der Waals surface area contributed by atoms with Gasteiger partial charge in [-0.1, -0.05) is 0 Å². The van der Waals surface area contributed by atoms with Crippen LogP contribution in [0.15, 0.2) is 5.38 Å². The molecule has 94 valence electrons. The number of thiazole rings is 2. The average Bonchev–Trinajstić information content (AvgIpc) is 2.94. The fourth-order valence-corrected chi connectivity index (χ4v) is 3.55. The van der Waals surface area contributed by atoms with Crippen LogP contribution in [0.25, 0.3) is 0 Å². The molecule has 18 heavy (non-hydrogen) atoms. The minimum absolute atomic E-state index is 0.242. The molecule has 1 amide bonds. The second-order valence-electron chi connectivity index (χ2n) is 4.12. The van der Waals surface area contributed by atoms with Gasteiger partial charge in [-0.25, -0.2) is 9.97 Å². The van der Waals surface area contributed by atoms with Gasteiger partial charge in [-0.3, -0.25) is 10.1 Å². The van der Waals surface area contributed by atoms with Crippen molar-refractivity contribution < 1.29 is 4.79 Å². The van der Waals surface area contributed by atoms with Crippen molar-refractivity contribution in [2.75, 3.05) is 11.1 Å². The van der Waals surface area contributed by atoms with Crippen LogP contribution >= 0.6 is 22.7 Å². The van der Waals surface area contributed by atoms with Crippen LogP contribution in [0.4, 0.5) is 10.3 Å². The van der Waals surface area contributed by atoms with Gasteiger partial charge in [0, 0.05) is 10.3 Å². The zero-order valence-corrected chi connectivity index (χ0v) is 11.2. The summed E-state index contributed by atoms with van der Waals surface area (Å²) in [6.07, 6.45) is 4.50. The van der Waals surface area contributed by atoms with Gasteiger partial charge in [0.25, 0.3) is 5.91 Å². The minimum Gasteiger partial charge on any atom is -0.375 e. The molecule has 5 nitrogen and oxygen atoms in total. The Hall–Kier alpha value is -1.47. The number of fused-ring (bicyclic) bond motifs is 1. The number of nitrogens with one attached hydrogen (secondary N) is 1. The predicted octanol–water partition coefficient (Wildman–Crippen LogP) is 2.31. The zero-order chi connectivity index (χ0) is 12.5. The van der Waals surface area contributed by atoms with Gasteiger partial charge in [0.05, 0.1) is 5.69 Å². The highest BCUT2D eigenvalue weighted by Crippen LogP contribution is 2.29. The first-order chi connectivity index (χ1) is 8.72. The number of aromatic nitrogens is 2. The van der Waals surface area contributed by atoms with Crippen LogP contribution in [0.2, 0.25) is 0 Å². The van der Waals surface area contributed by atoms with E-state index in [0.29, 0.717) is 16.0 Å². The van der Waals surface area contributed by atoms with E-state index in [1.54, 1.807) is 16.7 Å². The smallest absolute Gasteiger partial charge is 0.276 e. The van der Waals surface area contributed by atoms with Crippen LogP contribution in [0.5, 0.6) is 0 Å². The number of hydrogen-bond donors (Lipinski definition) is 2. The summed E-state index contributed by atoms with van der Waals surface area (Å²) in [6, 6.07) is 0. The van der Waals surface area contributed by atoms with Crippen LogP contribution in [0, 0.1) is 0 Å². The lowest BCUT2D eigenvalue weighted by molar-refractivity contribution is 0.102.